The maximum atomic E-state index is 11.7. The average molecular weight is 304 g/mol. The molecule has 1 N–H and O–H groups in total. The smallest absolute Gasteiger partial charge is 0.165 e. The van der Waals surface area contributed by atoms with Crippen molar-refractivity contribution in [3.8, 4) is 0 Å². The first-order valence-electron chi connectivity index (χ1n) is 5.22. The third-order valence-corrected chi connectivity index (χ3v) is 3.62. The summed E-state index contributed by atoms with van der Waals surface area (Å²) in [5, 5.41) is 10.2. The Morgan fingerprint density at radius 1 is 1.56 bits per heavy atom. The molecular weight excluding hydrogens is 291 g/mol. The van der Waals surface area contributed by atoms with Crippen LogP contribution in [0.2, 0.25) is 5.02 Å². The molecule has 0 aromatic heterocycles. The normalized spacial score (nSPS) is 17.2. The van der Waals surface area contributed by atoms with Crippen LogP contribution in [0.4, 0.5) is 0 Å². The molecule has 86 valence electrons. The molecule has 1 aliphatic rings. The third kappa shape index (κ3) is 2.84. The van der Waals surface area contributed by atoms with Gasteiger partial charge in [0.05, 0.1) is 0 Å². The molecule has 0 heterocycles. The van der Waals surface area contributed by atoms with Crippen molar-refractivity contribution in [2.24, 2.45) is 5.92 Å². The highest BCUT2D eigenvalue weighted by Gasteiger charge is 2.34. The van der Waals surface area contributed by atoms with Crippen LogP contribution >= 0.6 is 27.5 Å². The Kier molecular flexibility index (Phi) is 3.67. The SMILES string of the molecule is O=C(Cc1ccc(Br)cc1Cl)C(O)C1CC1. The molecule has 1 aromatic rings. The predicted octanol–water partition coefficient (Wildman–Crippen LogP) is 2.99. The molecule has 0 amide bonds. The van der Waals surface area contributed by atoms with Crippen LogP contribution in [0, 0.1) is 5.92 Å². The molecule has 0 spiro atoms. The van der Waals surface area contributed by atoms with E-state index < -0.39 is 6.10 Å². The summed E-state index contributed by atoms with van der Waals surface area (Å²) in [6.07, 6.45) is 1.32. The highest BCUT2D eigenvalue weighted by Crippen LogP contribution is 2.33. The molecule has 1 fully saturated rings. The Bertz CT molecular complexity index is 415. The summed E-state index contributed by atoms with van der Waals surface area (Å²) in [6.45, 7) is 0. The zero-order chi connectivity index (χ0) is 11.7. The first-order valence-corrected chi connectivity index (χ1v) is 6.39. The molecule has 0 radical (unpaired) electrons. The topological polar surface area (TPSA) is 37.3 Å². The van der Waals surface area contributed by atoms with E-state index in [0.717, 1.165) is 22.9 Å². The number of aliphatic hydroxyl groups excluding tert-OH is 1. The van der Waals surface area contributed by atoms with Gasteiger partial charge in [-0.05, 0) is 36.5 Å². The van der Waals surface area contributed by atoms with Gasteiger partial charge >= 0.3 is 0 Å². The minimum atomic E-state index is -0.806. The lowest BCUT2D eigenvalue weighted by atomic mass is 10.0. The number of ketones is 1. The molecule has 2 rings (SSSR count). The summed E-state index contributed by atoms with van der Waals surface area (Å²) < 4.78 is 0.886. The summed E-state index contributed by atoms with van der Waals surface area (Å²) >= 11 is 9.32. The van der Waals surface area contributed by atoms with Gasteiger partial charge in [0.1, 0.15) is 6.10 Å². The largest absolute Gasteiger partial charge is 0.385 e. The molecule has 1 aliphatic carbocycles. The van der Waals surface area contributed by atoms with E-state index in [9.17, 15) is 9.90 Å². The monoisotopic (exact) mass is 302 g/mol. The van der Waals surface area contributed by atoms with Crippen molar-refractivity contribution < 1.29 is 9.90 Å². The van der Waals surface area contributed by atoms with E-state index in [0.29, 0.717) is 5.02 Å². The molecule has 2 nitrogen and oxygen atoms in total. The van der Waals surface area contributed by atoms with Crippen LogP contribution in [0.5, 0.6) is 0 Å². The van der Waals surface area contributed by atoms with Gasteiger partial charge in [-0.3, -0.25) is 4.79 Å². The zero-order valence-electron chi connectivity index (χ0n) is 8.62. The lowest BCUT2D eigenvalue weighted by Gasteiger charge is -2.09. The number of carbonyl (C=O) groups is 1. The van der Waals surface area contributed by atoms with Crippen molar-refractivity contribution >= 4 is 33.3 Å². The number of halogens is 2. The van der Waals surface area contributed by atoms with E-state index in [1.165, 1.54) is 0 Å². The van der Waals surface area contributed by atoms with Gasteiger partial charge in [-0.25, -0.2) is 0 Å². The number of rotatable bonds is 4. The van der Waals surface area contributed by atoms with Gasteiger partial charge in [-0.1, -0.05) is 33.6 Å². The van der Waals surface area contributed by atoms with Crippen molar-refractivity contribution in [2.45, 2.75) is 25.4 Å². The molecule has 0 aliphatic heterocycles. The molecule has 1 atom stereocenters. The first-order chi connectivity index (χ1) is 7.58. The highest BCUT2D eigenvalue weighted by molar-refractivity contribution is 9.10. The van der Waals surface area contributed by atoms with Crippen molar-refractivity contribution in [2.75, 3.05) is 0 Å². The van der Waals surface area contributed by atoms with Crippen LogP contribution in [-0.4, -0.2) is 17.0 Å². The van der Waals surface area contributed by atoms with Crippen LogP contribution in [0.3, 0.4) is 0 Å². The second-order valence-electron chi connectivity index (χ2n) is 4.16. The lowest BCUT2D eigenvalue weighted by Crippen LogP contribution is -2.24. The van der Waals surface area contributed by atoms with Crippen molar-refractivity contribution in [3.05, 3.63) is 33.3 Å². The molecular formula is C12H12BrClO2. The molecule has 16 heavy (non-hydrogen) atoms. The van der Waals surface area contributed by atoms with E-state index in [2.05, 4.69) is 15.9 Å². The quantitative estimate of drug-likeness (QED) is 0.928. The van der Waals surface area contributed by atoms with Gasteiger partial charge in [0, 0.05) is 15.9 Å². The number of carbonyl (C=O) groups excluding carboxylic acids is 1. The van der Waals surface area contributed by atoms with Gasteiger partial charge in [-0.2, -0.15) is 0 Å². The Morgan fingerprint density at radius 2 is 2.25 bits per heavy atom. The molecule has 1 unspecified atom stereocenters. The maximum absolute atomic E-state index is 11.7. The van der Waals surface area contributed by atoms with Gasteiger partial charge < -0.3 is 5.11 Å². The molecule has 0 bridgehead atoms. The number of benzene rings is 1. The van der Waals surface area contributed by atoms with Gasteiger partial charge in [0.25, 0.3) is 0 Å². The fourth-order valence-electron chi connectivity index (χ4n) is 1.63. The molecule has 1 aromatic carbocycles. The van der Waals surface area contributed by atoms with Gasteiger partial charge in [0.15, 0.2) is 5.78 Å². The summed E-state index contributed by atoms with van der Waals surface area (Å²) in [4.78, 5) is 11.7. The summed E-state index contributed by atoms with van der Waals surface area (Å²) in [5.74, 6) is 0.0495. The minimum Gasteiger partial charge on any atom is -0.385 e. The van der Waals surface area contributed by atoms with Crippen LogP contribution in [-0.2, 0) is 11.2 Å². The maximum Gasteiger partial charge on any atom is 0.165 e. The Balaban J connectivity index is 2.05. The summed E-state index contributed by atoms with van der Waals surface area (Å²) in [7, 11) is 0. The second-order valence-corrected chi connectivity index (χ2v) is 5.48. The lowest BCUT2D eigenvalue weighted by molar-refractivity contribution is -0.127. The fraction of sp³-hybridized carbons (Fsp3) is 0.417. The van der Waals surface area contributed by atoms with Crippen molar-refractivity contribution in [1.82, 2.24) is 0 Å². The average Bonchev–Trinajstić information content (AvgIpc) is 3.04. The van der Waals surface area contributed by atoms with Crippen molar-refractivity contribution in [1.29, 1.82) is 0 Å². The summed E-state index contributed by atoms with van der Waals surface area (Å²) in [5.41, 5.74) is 0.773. The zero-order valence-corrected chi connectivity index (χ0v) is 11.0. The molecule has 1 saturated carbocycles. The van der Waals surface area contributed by atoms with Crippen molar-refractivity contribution in [3.63, 3.8) is 0 Å². The van der Waals surface area contributed by atoms with E-state index in [1.54, 1.807) is 6.07 Å². The van der Waals surface area contributed by atoms with E-state index in [-0.39, 0.29) is 18.1 Å². The number of hydrogen-bond acceptors (Lipinski definition) is 2. The summed E-state index contributed by atoms with van der Waals surface area (Å²) in [6, 6.07) is 5.41. The third-order valence-electron chi connectivity index (χ3n) is 2.78. The van der Waals surface area contributed by atoms with E-state index >= 15 is 0 Å². The second kappa shape index (κ2) is 4.86. The Labute approximate surface area is 108 Å². The molecule has 0 saturated heterocycles. The Morgan fingerprint density at radius 3 is 2.81 bits per heavy atom. The minimum absolute atomic E-state index is 0.133. The Hall–Kier alpha value is -0.380. The van der Waals surface area contributed by atoms with Crippen LogP contribution in [0.25, 0.3) is 0 Å². The standard InChI is InChI=1S/C12H12BrClO2/c13-9-4-3-8(10(14)6-9)5-11(15)12(16)7-1-2-7/h3-4,6-7,12,16H,1-2,5H2. The number of Topliss-reactive ketones (excluding diaryl/α,β-unsaturated/α-hetero) is 1. The number of aliphatic hydroxyl groups is 1. The van der Waals surface area contributed by atoms with Crippen LogP contribution in [0.1, 0.15) is 18.4 Å². The predicted molar refractivity (Wildman–Crippen MR) is 66.6 cm³/mol. The highest BCUT2D eigenvalue weighted by atomic mass is 79.9. The van der Waals surface area contributed by atoms with Crippen LogP contribution < -0.4 is 0 Å². The fourth-order valence-corrected chi connectivity index (χ4v) is 2.37. The first kappa shape index (κ1) is 12.1. The van der Waals surface area contributed by atoms with Gasteiger partial charge in [0.2, 0.25) is 0 Å². The number of hydrogen-bond donors (Lipinski definition) is 1. The van der Waals surface area contributed by atoms with Gasteiger partial charge in [-0.15, -0.1) is 0 Å². The van der Waals surface area contributed by atoms with E-state index in [4.69, 9.17) is 11.6 Å². The van der Waals surface area contributed by atoms with E-state index in [1.807, 2.05) is 12.1 Å². The molecule has 4 heteroatoms. The van der Waals surface area contributed by atoms with Crippen LogP contribution in [0.15, 0.2) is 22.7 Å².